The highest BCUT2D eigenvalue weighted by Crippen LogP contribution is 2.30. The third-order valence-corrected chi connectivity index (χ3v) is 4.30. The molecule has 1 aromatic rings. The fourth-order valence-electron chi connectivity index (χ4n) is 3.07. The molecule has 2 rings (SSSR count). The molecule has 1 heterocycles. The molecule has 0 aliphatic heterocycles. The van der Waals surface area contributed by atoms with Crippen molar-refractivity contribution in [1.82, 2.24) is 10.3 Å². The fourth-order valence-corrected chi connectivity index (χ4v) is 3.07. The number of anilines is 1. The molecule has 0 unspecified atom stereocenters. The Morgan fingerprint density at radius 2 is 2.10 bits per heavy atom. The first-order chi connectivity index (χ1) is 10.1. The Balaban J connectivity index is 2.24. The first-order valence-electron chi connectivity index (χ1n) is 8.18. The monoisotopic (exact) mass is 293 g/mol. The summed E-state index contributed by atoms with van der Waals surface area (Å²) in [6.07, 6.45) is 7.64. The molecule has 4 heteroatoms. The standard InChI is InChI=1S/C17H28FN3/c1-13(2)9-11-21(15-6-4-5-7-15)17-16(18)14(12-19-3)8-10-20-17/h8,10,13,15,19H,4-7,9,11-12H2,1-3H3. The Morgan fingerprint density at radius 3 is 2.71 bits per heavy atom. The maximum Gasteiger partial charge on any atom is 0.170 e. The molecule has 1 N–H and O–H groups in total. The molecule has 1 aliphatic carbocycles. The Labute approximate surface area is 127 Å². The summed E-state index contributed by atoms with van der Waals surface area (Å²) in [5.41, 5.74) is 0.704. The van der Waals surface area contributed by atoms with Crippen LogP contribution in [0, 0.1) is 11.7 Å². The summed E-state index contributed by atoms with van der Waals surface area (Å²) in [5.74, 6) is 1.02. The fraction of sp³-hybridized carbons (Fsp3) is 0.706. The van der Waals surface area contributed by atoms with Crippen LogP contribution >= 0.6 is 0 Å². The lowest BCUT2D eigenvalue weighted by atomic mass is 10.1. The largest absolute Gasteiger partial charge is 0.351 e. The predicted octanol–water partition coefficient (Wildman–Crippen LogP) is 3.74. The van der Waals surface area contributed by atoms with Crippen molar-refractivity contribution in [3.05, 3.63) is 23.6 Å². The Morgan fingerprint density at radius 1 is 1.38 bits per heavy atom. The van der Waals surface area contributed by atoms with Crippen molar-refractivity contribution in [1.29, 1.82) is 0 Å². The first kappa shape index (κ1) is 16.2. The van der Waals surface area contributed by atoms with E-state index >= 15 is 0 Å². The number of rotatable bonds is 7. The third kappa shape index (κ3) is 4.16. The van der Waals surface area contributed by atoms with Crippen molar-refractivity contribution in [3.8, 4) is 0 Å². The molecule has 21 heavy (non-hydrogen) atoms. The molecule has 0 aromatic carbocycles. The molecule has 0 saturated heterocycles. The first-order valence-corrected chi connectivity index (χ1v) is 8.18. The van der Waals surface area contributed by atoms with Crippen LogP contribution in [0.1, 0.15) is 51.5 Å². The molecule has 0 radical (unpaired) electrons. The molecule has 0 amide bonds. The van der Waals surface area contributed by atoms with E-state index in [4.69, 9.17) is 0 Å². The second kappa shape index (κ2) is 7.74. The number of nitrogens with one attached hydrogen (secondary N) is 1. The molecule has 1 aliphatic rings. The van der Waals surface area contributed by atoms with Gasteiger partial charge in [0.1, 0.15) is 0 Å². The van der Waals surface area contributed by atoms with Crippen LogP contribution in [-0.2, 0) is 6.54 Å². The smallest absolute Gasteiger partial charge is 0.170 e. The number of pyridine rings is 1. The van der Waals surface area contributed by atoms with Crippen molar-refractivity contribution in [2.24, 2.45) is 5.92 Å². The molecule has 118 valence electrons. The van der Waals surface area contributed by atoms with E-state index in [2.05, 4.69) is 29.0 Å². The van der Waals surface area contributed by atoms with Crippen LogP contribution in [0.3, 0.4) is 0 Å². The Bertz CT molecular complexity index is 442. The maximum absolute atomic E-state index is 14.7. The van der Waals surface area contributed by atoms with Gasteiger partial charge < -0.3 is 10.2 Å². The minimum atomic E-state index is -0.150. The zero-order valence-electron chi connectivity index (χ0n) is 13.5. The lowest BCUT2D eigenvalue weighted by Crippen LogP contribution is -2.36. The van der Waals surface area contributed by atoms with Crippen LogP contribution in [0.5, 0.6) is 0 Å². The zero-order valence-corrected chi connectivity index (χ0v) is 13.5. The Kier molecular flexibility index (Phi) is 5.97. The van der Waals surface area contributed by atoms with Gasteiger partial charge in [-0.25, -0.2) is 9.37 Å². The van der Waals surface area contributed by atoms with Crippen LogP contribution in [0.25, 0.3) is 0 Å². The van der Waals surface area contributed by atoms with Crippen LogP contribution in [-0.4, -0.2) is 24.6 Å². The van der Waals surface area contributed by atoms with Gasteiger partial charge in [0.15, 0.2) is 11.6 Å². The van der Waals surface area contributed by atoms with Crippen LogP contribution in [0.2, 0.25) is 0 Å². The van der Waals surface area contributed by atoms with Gasteiger partial charge in [0.05, 0.1) is 0 Å². The summed E-state index contributed by atoms with van der Waals surface area (Å²) in [4.78, 5) is 6.59. The summed E-state index contributed by atoms with van der Waals surface area (Å²) < 4.78 is 14.7. The maximum atomic E-state index is 14.7. The van der Waals surface area contributed by atoms with Crippen LogP contribution in [0.15, 0.2) is 12.3 Å². The van der Waals surface area contributed by atoms with E-state index in [-0.39, 0.29) is 5.82 Å². The molecular weight excluding hydrogens is 265 g/mol. The van der Waals surface area contributed by atoms with E-state index < -0.39 is 0 Å². The molecule has 1 aromatic heterocycles. The van der Waals surface area contributed by atoms with Crippen LogP contribution in [0.4, 0.5) is 10.2 Å². The minimum absolute atomic E-state index is 0.150. The van der Waals surface area contributed by atoms with Gasteiger partial charge in [-0.1, -0.05) is 26.7 Å². The van der Waals surface area contributed by atoms with Crippen molar-refractivity contribution >= 4 is 5.82 Å². The summed E-state index contributed by atoms with van der Waals surface area (Å²) in [7, 11) is 1.84. The second-order valence-electron chi connectivity index (χ2n) is 6.45. The lowest BCUT2D eigenvalue weighted by molar-refractivity contribution is 0.508. The van der Waals surface area contributed by atoms with Gasteiger partial charge in [0.2, 0.25) is 0 Å². The number of aromatic nitrogens is 1. The number of nitrogens with zero attached hydrogens (tertiary/aromatic N) is 2. The van der Waals surface area contributed by atoms with E-state index in [1.807, 2.05) is 7.05 Å². The SMILES string of the molecule is CNCc1ccnc(N(CCC(C)C)C2CCCC2)c1F. The van der Waals surface area contributed by atoms with E-state index in [0.717, 1.165) is 25.8 Å². The van der Waals surface area contributed by atoms with Gasteiger partial charge in [-0.3, -0.25) is 0 Å². The summed E-state index contributed by atoms with van der Waals surface area (Å²) in [6, 6.07) is 2.22. The highest BCUT2D eigenvalue weighted by molar-refractivity contribution is 5.44. The number of hydrogen-bond donors (Lipinski definition) is 1. The third-order valence-electron chi connectivity index (χ3n) is 4.30. The molecular formula is C17H28FN3. The van der Waals surface area contributed by atoms with Gasteiger partial charge in [0, 0.05) is 30.9 Å². The van der Waals surface area contributed by atoms with E-state index in [1.54, 1.807) is 12.3 Å². The Hall–Kier alpha value is -1.16. The van der Waals surface area contributed by atoms with E-state index in [1.165, 1.54) is 12.8 Å². The lowest BCUT2D eigenvalue weighted by Gasteiger charge is -2.31. The van der Waals surface area contributed by atoms with Crippen molar-refractivity contribution < 1.29 is 4.39 Å². The van der Waals surface area contributed by atoms with Gasteiger partial charge in [-0.15, -0.1) is 0 Å². The highest BCUT2D eigenvalue weighted by Gasteiger charge is 2.26. The van der Waals surface area contributed by atoms with Crippen LogP contribution < -0.4 is 10.2 Å². The highest BCUT2D eigenvalue weighted by atomic mass is 19.1. The second-order valence-corrected chi connectivity index (χ2v) is 6.45. The number of halogens is 1. The summed E-state index contributed by atoms with van der Waals surface area (Å²) >= 11 is 0. The van der Waals surface area contributed by atoms with Gasteiger partial charge in [-0.05, 0) is 38.3 Å². The van der Waals surface area contributed by atoms with Crippen molar-refractivity contribution in [3.63, 3.8) is 0 Å². The van der Waals surface area contributed by atoms with Gasteiger partial charge >= 0.3 is 0 Å². The average molecular weight is 293 g/mol. The normalized spacial score (nSPS) is 15.9. The topological polar surface area (TPSA) is 28.2 Å². The van der Waals surface area contributed by atoms with Crippen molar-refractivity contribution in [2.75, 3.05) is 18.5 Å². The number of hydrogen-bond acceptors (Lipinski definition) is 3. The van der Waals surface area contributed by atoms with Gasteiger partial charge in [0.25, 0.3) is 0 Å². The van der Waals surface area contributed by atoms with Crippen molar-refractivity contribution in [2.45, 2.75) is 58.5 Å². The average Bonchev–Trinajstić information content (AvgIpc) is 2.97. The molecule has 1 saturated carbocycles. The molecule has 0 atom stereocenters. The quantitative estimate of drug-likeness (QED) is 0.830. The summed E-state index contributed by atoms with van der Waals surface area (Å²) in [5, 5.41) is 3.02. The molecule has 1 fully saturated rings. The molecule has 0 spiro atoms. The zero-order chi connectivity index (χ0) is 15.2. The molecule has 3 nitrogen and oxygen atoms in total. The van der Waals surface area contributed by atoms with E-state index in [0.29, 0.717) is 29.9 Å². The predicted molar refractivity (Wildman–Crippen MR) is 86.0 cm³/mol. The van der Waals surface area contributed by atoms with Gasteiger partial charge in [-0.2, -0.15) is 0 Å². The molecule has 0 bridgehead atoms. The minimum Gasteiger partial charge on any atom is -0.351 e. The summed E-state index contributed by atoms with van der Waals surface area (Å²) in [6.45, 7) is 5.88. The van der Waals surface area contributed by atoms with E-state index in [9.17, 15) is 4.39 Å².